The highest BCUT2D eigenvalue weighted by Crippen LogP contribution is 2.16. The maximum absolute atomic E-state index is 12.6. The number of unbranched alkanes of at least 4 members (excludes halogenated alkanes) is 22. The van der Waals surface area contributed by atoms with E-state index in [0.29, 0.717) is 25.8 Å². The van der Waals surface area contributed by atoms with E-state index >= 15 is 0 Å². The van der Waals surface area contributed by atoms with Gasteiger partial charge in [-0.1, -0.05) is 141 Å². The first-order chi connectivity index (χ1) is 20.7. The SMILES string of the molecule is CCCCCCCC/C=C\CCCCCCCC(=O)CC(CN)C(=O)CCCCCCC/C=C\CCCCCCCC. The van der Waals surface area contributed by atoms with Gasteiger partial charge in [0.2, 0.25) is 0 Å². The first kappa shape index (κ1) is 40.8. The molecule has 0 saturated heterocycles. The lowest BCUT2D eigenvalue weighted by molar-refractivity contribution is -0.127. The number of rotatable bonds is 34. The van der Waals surface area contributed by atoms with Crippen LogP contribution in [0.3, 0.4) is 0 Å². The van der Waals surface area contributed by atoms with Crippen molar-refractivity contribution in [1.82, 2.24) is 0 Å². The molecule has 0 aliphatic heterocycles. The summed E-state index contributed by atoms with van der Waals surface area (Å²) in [4.78, 5) is 25.1. The van der Waals surface area contributed by atoms with Crippen molar-refractivity contribution in [3.63, 3.8) is 0 Å². The summed E-state index contributed by atoms with van der Waals surface area (Å²) in [6, 6.07) is 0. The zero-order chi connectivity index (χ0) is 30.8. The standard InChI is InChI=1S/C39H73NO2/c1-3-5-7-9-11-13-15-17-19-21-23-25-27-29-31-33-38(41)35-37(36-40)39(42)34-32-30-28-26-24-22-20-18-16-14-12-10-8-6-4-2/h17-20,37H,3-16,21-36,40H2,1-2H3/b19-17-,20-18-. The predicted octanol–water partition coefficient (Wildman–Crippen LogP) is 12.2. The Hall–Kier alpha value is -1.22. The number of nitrogens with two attached hydrogens (primary N) is 1. The van der Waals surface area contributed by atoms with Crippen LogP contribution >= 0.6 is 0 Å². The molecule has 0 saturated carbocycles. The van der Waals surface area contributed by atoms with Crippen LogP contribution in [0.25, 0.3) is 0 Å². The smallest absolute Gasteiger partial charge is 0.137 e. The van der Waals surface area contributed by atoms with Gasteiger partial charge in [-0.2, -0.15) is 0 Å². The lowest BCUT2D eigenvalue weighted by Crippen LogP contribution is -2.26. The van der Waals surface area contributed by atoms with Gasteiger partial charge in [0.1, 0.15) is 11.6 Å². The van der Waals surface area contributed by atoms with Crippen molar-refractivity contribution < 1.29 is 9.59 Å². The molecule has 0 aliphatic carbocycles. The third-order valence-corrected chi connectivity index (χ3v) is 8.62. The van der Waals surface area contributed by atoms with Gasteiger partial charge in [-0.25, -0.2) is 0 Å². The lowest BCUT2D eigenvalue weighted by Gasteiger charge is -2.13. The topological polar surface area (TPSA) is 60.2 Å². The Balaban J connectivity index is 3.61. The van der Waals surface area contributed by atoms with Crippen LogP contribution in [-0.4, -0.2) is 18.1 Å². The molecule has 0 aliphatic rings. The molecule has 2 N–H and O–H groups in total. The van der Waals surface area contributed by atoms with E-state index in [9.17, 15) is 9.59 Å². The molecule has 0 rings (SSSR count). The Morgan fingerprint density at radius 3 is 1.19 bits per heavy atom. The number of hydrogen-bond acceptors (Lipinski definition) is 3. The van der Waals surface area contributed by atoms with E-state index in [1.54, 1.807) is 0 Å². The molecular weight excluding hydrogens is 514 g/mol. The number of carbonyl (C=O) groups is 2. The average molecular weight is 588 g/mol. The molecule has 1 unspecified atom stereocenters. The minimum Gasteiger partial charge on any atom is -0.330 e. The zero-order valence-corrected chi connectivity index (χ0v) is 28.5. The van der Waals surface area contributed by atoms with Gasteiger partial charge >= 0.3 is 0 Å². The molecule has 0 bridgehead atoms. The van der Waals surface area contributed by atoms with Crippen LogP contribution < -0.4 is 5.73 Å². The first-order valence-electron chi connectivity index (χ1n) is 18.7. The fourth-order valence-corrected chi connectivity index (χ4v) is 5.67. The molecule has 3 nitrogen and oxygen atoms in total. The highest BCUT2D eigenvalue weighted by atomic mass is 16.1. The van der Waals surface area contributed by atoms with Gasteiger partial charge < -0.3 is 5.73 Å². The Kier molecular flexibility index (Phi) is 33.3. The van der Waals surface area contributed by atoms with E-state index in [1.807, 2.05) is 0 Å². The van der Waals surface area contributed by atoms with Gasteiger partial charge in [-0.05, 0) is 64.2 Å². The van der Waals surface area contributed by atoms with E-state index in [1.165, 1.54) is 141 Å². The van der Waals surface area contributed by atoms with Crippen molar-refractivity contribution in [2.45, 2.75) is 200 Å². The second kappa shape index (κ2) is 34.3. The Morgan fingerprint density at radius 2 is 0.810 bits per heavy atom. The summed E-state index contributed by atoms with van der Waals surface area (Å²) in [5.41, 5.74) is 5.88. The molecule has 0 heterocycles. The van der Waals surface area contributed by atoms with E-state index < -0.39 is 0 Å². The van der Waals surface area contributed by atoms with Gasteiger partial charge in [0.25, 0.3) is 0 Å². The van der Waals surface area contributed by atoms with Crippen LogP contribution in [0, 0.1) is 5.92 Å². The third kappa shape index (κ3) is 30.2. The highest BCUT2D eigenvalue weighted by Gasteiger charge is 2.19. The van der Waals surface area contributed by atoms with Crippen LogP contribution in [0.15, 0.2) is 24.3 Å². The Labute approximate surface area is 263 Å². The minimum absolute atomic E-state index is 0.202. The minimum atomic E-state index is -0.266. The summed E-state index contributed by atoms with van der Waals surface area (Å²) >= 11 is 0. The molecule has 0 spiro atoms. The van der Waals surface area contributed by atoms with Gasteiger partial charge in [-0.3, -0.25) is 9.59 Å². The number of ketones is 2. The Bertz CT molecular complexity index is 638. The zero-order valence-electron chi connectivity index (χ0n) is 28.5. The van der Waals surface area contributed by atoms with Gasteiger partial charge in [0.15, 0.2) is 0 Å². The number of allylic oxidation sites excluding steroid dienone is 4. The summed E-state index contributed by atoms with van der Waals surface area (Å²) in [5, 5.41) is 0. The van der Waals surface area contributed by atoms with Gasteiger partial charge in [0, 0.05) is 31.7 Å². The lowest BCUT2D eigenvalue weighted by atomic mass is 9.92. The molecule has 1 atom stereocenters. The van der Waals surface area contributed by atoms with Crippen LogP contribution in [0.1, 0.15) is 200 Å². The third-order valence-electron chi connectivity index (χ3n) is 8.62. The molecule has 0 fully saturated rings. The summed E-state index contributed by atoms with van der Waals surface area (Å²) in [6.45, 7) is 4.85. The second-order valence-corrected chi connectivity index (χ2v) is 12.8. The molecule has 0 amide bonds. The maximum atomic E-state index is 12.6. The van der Waals surface area contributed by atoms with Gasteiger partial charge in [0.05, 0.1) is 0 Å². The van der Waals surface area contributed by atoms with Crippen molar-refractivity contribution in [3.8, 4) is 0 Å². The summed E-state index contributed by atoms with van der Waals surface area (Å²) in [5.74, 6) is 0.159. The Morgan fingerprint density at radius 1 is 0.476 bits per heavy atom. The molecule has 3 heteroatoms. The van der Waals surface area contributed by atoms with E-state index in [0.717, 1.165) is 25.7 Å². The maximum Gasteiger partial charge on any atom is 0.137 e. The number of hydrogen-bond donors (Lipinski definition) is 1. The molecule has 246 valence electrons. The van der Waals surface area contributed by atoms with Crippen molar-refractivity contribution in [1.29, 1.82) is 0 Å². The second-order valence-electron chi connectivity index (χ2n) is 12.8. The van der Waals surface area contributed by atoms with Crippen molar-refractivity contribution in [2.24, 2.45) is 11.7 Å². The fraction of sp³-hybridized carbons (Fsp3) is 0.846. The van der Waals surface area contributed by atoms with Crippen molar-refractivity contribution in [2.75, 3.05) is 6.54 Å². The number of carbonyl (C=O) groups excluding carboxylic acids is 2. The van der Waals surface area contributed by atoms with E-state index in [2.05, 4.69) is 38.2 Å². The van der Waals surface area contributed by atoms with Crippen molar-refractivity contribution in [3.05, 3.63) is 24.3 Å². The molecular formula is C39H73NO2. The normalized spacial score (nSPS) is 12.5. The molecule has 0 aromatic carbocycles. The highest BCUT2D eigenvalue weighted by molar-refractivity contribution is 5.88. The summed E-state index contributed by atoms with van der Waals surface area (Å²) < 4.78 is 0. The molecule has 0 aromatic heterocycles. The van der Waals surface area contributed by atoms with Crippen LogP contribution in [0.2, 0.25) is 0 Å². The first-order valence-corrected chi connectivity index (χ1v) is 18.7. The van der Waals surface area contributed by atoms with Crippen LogP contribution in [0.4, 0.5) is 0 Å². The van der Waals surface area contributed by atoms with Crippen molar-refractivity contribution >= 4 is 11.6 Å². The van der Waals surface area contributed by atoms with Gasteiger partial charge in [-0.15, -0.1) is 0 Å². The van der Waals surface area contributed by atoms with Crippen LogP contribution in [-0.2, 0) is 9.59 Å². The molecule has 0 aromatic rings. The molecule has 42 heavy (non-hydrogen) atoms. The fourth-order valence-electron chi connectivity index (χ4n) is 5.67. The molecule has 0 radical (unpaired) electrons. The quantitative estimate of drug-likeness (QED) is 0.0601. The van der Waals surface area contributed by atoms with E-state index in [4.69, 9.17) is 5.73 Å². The predicted molar refractivity (Wildman–Crippen MR) is 186 cm³/mol. The number of Topliss-reactive ketones (excluding diaryl/α,β-unsaturated/α-hetero) is 2. The summed E-state index contributed by atoms with van der Waals surface area (Å²) in [6.07, 6.45) is 43.7. The van der Waals surface area contributed by atoms with E-state index in [-0.39, 0.29) is 17.5 Å². The van der Waals surface area contributed by atoms with Crippen LogP contribution in [0.5, 0.6) is 0 Å². The summed E-state index contributed by atoms with van der Waals surface area (Å²) in [7, 11) is 0. The monoisotopic (exact) mass is 588 g/mol. The largest absolute Gasteiger partial charge is 0.330 e. The average Bonchev–Trinajstić information content (AvgIpc) is 2.99.